The summed E-state index contributed by atoms with van der Waals surface area (Å²) in [7, 11) is 0. The molecule has 1 heterocycles. The highest BCUT2D eigenvalue weighted by atomic mass is 16.5. The largest absolute Gasteiger partial charge is 0.494 e. The third-order valence-corrected chi connectivity index (χ3v) is 4.91. The number of hydrogen-bond donors (Lipinski definition) is 2. The van der Waals surface area contributed by atoms with Crippen molar-refractivity contribution in [3.63, 3.8) is 0 Å². The number of benzene rings is 1. The molecular formula is C21H31N3O4. The summed E-state index contributed by atoms with van der Waals surface area (Å²) in [5.41, 5.74) is 5.97. The third kappa shape index (κ3) is 6.64. The summed E-state index contributed by atoms with van der Waals surface area (Å²) in [6.07, 6.45) is 3.49. The molecule has 7 nitrogen and oxygen atoms in total. The summed E-state index contributed by atoms with van der Waals surface area (Å²) in [5.74, 6) is 0.549. The molecule has 2 amide bonds. The molecule has 1 fully saturated rings. The topological polar surface area (TPSA) is 102 Å². The lowest BCUT2D eigenvalue weighted by molar-refractivity contribution is -0.135. The molecule has 1 atom stereocenters. The number of hydrogen-bond acceptors (Lipinski definition) is 5. The maximum atomic E-state index is 12.7. The van der Waals surface area contributed by atoms with Crippen molar-refractivity contribution >= 4 is 17.6 Å². The Hall–Kier alpha value is -2.41. The van der Waals surface area contributed by atoms with Gasteiger partial charge in [0, 0.05) is 50.5 Å². The van der Waals surface area contributed by atoms with Gasteiger partial charge in [0.1, 0.15) is 5.75 Å². The van der Waals surface area contributed by atoms with Crippen molar-refractivity contribution in [2.45, 2.75) is 51.5 Å². The smallest absolute Gasteiger partial charge is 0.223 e. The predicted molar refractivity (Wildman–Crippen MR) is 107 cm³/mol. The Morgan fingerprint density at radius 3 is 2.57 bits per heavy atom. The number of ether oxygens (including phenoxy) is 1. The zero-order valence-electron chi connectivity index (χ0n) is 16.6. The van der Waals surface area contributed by atoms with Crippen molar-refractivity contribution in [3.05, 3.63) is 29.8 Å². The summed E-state index contributed by atoms with van der Waals surface area (Å²) in [5, 5.41) is 2.85. The minimum Gasteiger partial charge on any atom is -0.494 e. The monoisotopic (exact) mass is 389 g/mol. The summed E-state index contributed by atoms with van der Waals surface area (Å²) in [6.45, 7) is 3.91. The van der Waals surface area contributed by atoms with Gasteiger partial charge < -0.3 is 20.7 Å². The number of nitrogens with one attached hydrogen (secondary N) is 1. The van der Waals surface area contributed by atoms with Gasteiger partial charge in [0.25, 0.3) is 0 Å². The fourth-order valence-electron chi connectivity index (χ4n) is 3.40. The van der Waals surface area contributed by atoms with Crippen LogP contribution < -0.4 is 15.8 Å². The zero-order valence-corrected chi connectivity index (χ0v) is 16.6. The molecular weight excluding hydrogens is 358 g/mol. The Balaban J connectivity index is 1.85. The van der Waals surface area contributed by atoms with E-state index in [4.69, 9.17) is 10.5 Å². The summed E-state index contributed by atoms with van der Waals surface area (Å²) in [4.78, 5) is 38.5. The fraction of sp³-hybridized carbons (Fsp3) is 0.571. The van der Waals surface area contributed by atoms with Crippen molar-refractivity contribution in [3.8, 4) is 5.75 Å². The van der Waals surface area contributed by atoms with Gasteiger partial charge in [-0.25, -0.2) is 0 Å². The van der Waals surface area contributed by atoms with Crippen LogP contribution in [0.1, 0.15) is 55.8 Å². The minimum absolute atomic E-state index is 0.0106. The van der Waals surface area contributed by atoms with Gasteiger partial charge in [-0.05, 0) is 50.5 Å². The van der Waals surface area contributed by atoms with Crippen LogP contribution in [0.2, 0.25) is 0 Å². The van der Waals surface area contributed by atoms with E-state index in [9.17, 15) is 14.4 Å². The summed E-state index contributed by atoms with van der Waals surface area (Å²) >= 11 is 0. The number of nitrogens with two attached hydrogens (primary N) is 1. The molecule has 0 spiro atoms. The van der Waals surface area contributed by atoms with Crippen molar-refractivity contribution in [1.82, 2.24) is 10.2 Å². The van der Waals surface area contributed by atoms with Gasteiger partial charge in [0.15, 0.2) is 5.78 Å². The van der Waals surface area contributed by atoms with Crippen LogP contribution in [0.15, 0.2) is 24.3 Å². The molecule has 7 heteroatoms. The molecule has 1 unspecified atom stereocenters. The molecule has 0 aromatic heterocycles. The van der Waals surface area contributed by atoms with Crippen molar-refractivity contribution in [1.29, 1.82) is 0 Å². The minimum atomic E-state index is -0.0915. The maximum Gasteiger partial charge on any atom is 0.223 e. The van der Waals surface area contributed by atoms with E-state index in [1.165, 1.54) is 0 Å². The molecule has 0 radical (unpaired) electrons. The van der Waals surface area contributed by atoms with E-state index >= 15 is 0 Å². The molecule has 1 aromatic rings. The highest BCUT2D eigenvalue weighted by molar-refractivity contribution is 5.98. The van der Waals surface area contributed by atoms with Crippen molar-refractivity contribution < 1.29 is 19.1 Å². The highest BCUT2D eigenvalue weighted by Gasteiger charge is 2.27. The van der Waals surface area contributed by atoms with E-state index in [2.05, 4.69) is 5.32 Å². The third-order valence-electron chi connectivity index (χ3n) is 4.91. The maximum absolute atomic E-state index is 12.7. The predicted octanol–water partition coefficient (Wildman–Crippen LogP) is 1.89. The molecule has 0 saturated carbocycles. The number of nitrogens with zero attached hydrogens (tertiary/aromatic N) is 1. The second-order valence-electron chi connectivity index (χ2n) is 6.96. The summed E-state index contributed by atoms with van der Waals surface area (Å²) < 4.78 is 5.38. The average molecular weight is 389 g/mol. The van der Waals surface area contributed by atoms with Crippen LogP contribution in [0.25, 0.3) is 0 Å². The average Bonchev–Trinajstić information content (AvgIpc) is 2.71. The van der Waals surface area contributed by atoms with Gasteiger partial charge in [-0.3, -0.25) is 14.4 Å². The first-order valence-corrected chi connectivity index (χ1v) is 10.1. The molecule has 28 heavy (non-hydrogen) atoms. The lowest BCUT2D eigenvalue weighted by atomic mass is 10.00. The molecule has 1 aliphatic heterocycles. The fourth-order valence-corrected chi connectivity index (χ4v) is 3.40. The standard InChI is InChI=1S/C21H31N3O4/c1-2-28-18-8-6-16(7-9-18)19(25)10-11-21(27)24-14-4-3-5-17(24)15-23-20(26)12-13-22/h6-9,17H,2-5,10-15,22H2,1H3,(H,23,26). The normalized spacial score (nSPS) is 16.5. The van der Waals surface area contributed by atoms with Crippen LogP contribution >= 0.6 is 0 Å². The molecule has 3 N–H and O–H groups in total. The second kappa shape index (κ2) is 11.4. The number of carbonyl (C=O) groups excluding carboxylic acids is 3. The van der Waals surface area contributed by atoms with E-state index in [0.29, 0.717) is 31.8 Å². The Morgan fingerprint density at radius 2 is 1.89 bits per heavy atom. The Bertz CT molecular complexity index is 660. The van der Waals surface area contributed by atoms with Crippen LogP contribution in [0.3, 0.4) is 0 Å². The van der Waals surface area contributed by atoms with Crippen LogP contribution in [0.4, 0.5) is 0 Å². The van der Waals surface area contributed by atoms with Crippen molar-refractivity contribution in [2.24, 2.45) is 5.73 Å². The number of carbonyl (C=O) groups is 3. The number of piperidine rings is 1. The van der Waals surface area contributed by atoms with Gasteiger partial charge in [-0.15, -0.1) is 0 Å². The molecule has 1 saturated heterocycles. The number of ketones is 1. The number of rotatable bonds is 10. The van der Waals surface area contributed by atoms with Gasteiger partial charge in [0.2, 0.25) is 11.8 Å². The van der Waals surface area contributed by atoms with E-state index in [1.807, 2.05) is 11.8 Å². The van der Waals surface area contributed by atoms with E-state index < -0.39 is 0 Å². The number of likely N-dealkylation sites (tertiary alicyclic amines) is 1. The molecule has 0 aliphatic carbocycles. The van der Waals surface area contributed by atoms with Crippen LogP contribution in [0.5, 0.6) is 5.75 Å². The van der Waals surface area contributed by atoms with Crippen LogP contribution in [-0.4, -0.2) is 54.8 Å². The number of Topliss-reactive ketones (excluding diaryl/α,β-unsaturated/α-hetero) is 1. The first kappa shape index (κ1) is 21.9. The van der Waals surface area contributed by atoms with Gasteiger partial charge in [-0.1, -0.05) is 0 Å². The molecule has 1 aromatic carbocycles. The quantitative estimate of drug-likeness (QED) is 0.595. The highest BCUT2D eigenvalue weighted by Crippen LogP contribution is 2.19. The van der Waals surface area contributed by atoms with Gasteiger partial charge in [-0.2, -0.15) is 0 Å². The molecule has 0 bridgehead atoms. The molecule has 1 aliphatic rings. The lowest BCUT2D eigenvalue weighted by Crippen LogP contribution is -2.49. The SMILES string of the molecule is CCOc1ccc(C(=O)CCC(=O)N2CCCCC2CNC(=O)CCN)cc1. The van der Waals surface area contributed by atoms with Gasteiger partial charge >= 0.3 is 0 Å². The second-order valence-corrected chi connectivity index (χ2v) is 6.96. The molecule has 2 rings (SSSR count). The van der Waals surface area contributed by atoms with Crippen LogP contribution in [0, 0.1) is 0 Å². The van der Waals surface area contributed by atoms with E-state index in [0.717, 1.165) is 25.0 Å². The Morgan fingerprint density at radius 1 is 1.14 bits per heavy atom. The Labute approximate surface area is 166 Å². The van der Waals surface area contributed by atoms with Gasteiger partial charge in [0.05, 0.1) is 6.61 Å². The van der Waals surface area contributed by atoms with E-state index in [-0.39, 0.29) is 42.9 Å². The first-order chi connectivity index (χ1) is 13.5. The number of amides is 2. The van der Waals surface area contributed by atoms with Crippen LogP contribution in [-0.2, 0) is 9.59 Å². The summed E-state index contributed by atoms with van der Waals surface area (Å²) in [6, 6.07) is 6.98. The lowest BCUT2D eigenvalue weighted by Gasteiger charge is -2.36. The van der Waals surface area contributed by atoms with Crippen molar-refractivity contribution in [2.75, 3.05) is 26.2 Å². The van der Waals surface area contributed by atoms with E-state index in [1.54, 1.807) is 24.3 Å². The zero-order chi connectivity index (χ0) is 20.4. The molecule has 154 valence electrons. The Kier molecular flexibility index (Phi) is 8.94. The first-order valence-electron chi connectivity index (χ1n) is 10.1.